The van der Waals surface area contributed by atoms with Crippen molar-refractivity contribution in [2.75, 3.05) is 27.3 Å². The zero-order chi connectivity index (χ0) is 21.1. The second-order valence-electron chi connectivity index (χ2n) is 5.84. The minimum absolute atomic E-state index is 0.0448. The smallest absolute Gasteiger partial charge is 0.369 e. The quantitative estimate of drug-likeness (QED) is 0.266. The number of fused-ring (bicyclic) bond motifs is 1. The summed E-state index contributed by atoms with van der Waals surface area (Å²) in [4.78, 5) is 17.1. The van der Waals surface area contributed by atoms with E-state index in [9.17, 15) is 9.36 Å². The van der Waals surface area contributed by atoms with E-state index in [0.29, 0.717) is 10.1 Å². The Morgan fingerprint density at radius 3 is 2.46 bits per heavy atom. The van der Waals surface area contributed by atoms with Gasteiger partial charge >= 0.3 is 13.3 Å². The van der Waals surface area contributed by atoms with Crippen molar-refractivity contribution in [2.24, 2.45) is 4.99 Å². The predicted octanol–water partition coefficient (Wildman–Crippen LogP) is 5.71. The van der Waals surface area contributed by atoms with Crippen LogP contribution in [0.15, 0.2) is 27.7 Å². The van der Waals surface area contributed by atoms with Gasteiger partial charge in [0.2, 0.25) is 0 Å². The molecule has 1 aromatic heterocycles. The van der Waals surface area contributed by atoms with Gasteiger partial charge < -0.3 is 13.9 Å². The molecule has 0 fully saturated rings. The molecule has 0 N–H and O–H groups in total. The van der Waals surface area contributed by atoms with Crippen LogP contribution >= 0.6 is 34.9 Å². The average Bonchev–Trinajstić information content (AvgIpc) is 2.97. The van der Waals surface area contributed by atoms with Crippen LogP contribution in [-0.2, 0) is 19.3 Å². The van der Waals surface area contributed by atoms with Gasteiger partial charge in [-0.3, -0.25) is 9.36 Å². The molecule has 1 heterocycles. The van der Waals surface area contributed by atoms with Crippen LogP contribution in [0.25, 0.3) is 10.1 Å². The number of rotatable bonds is 8. The van der Waals surface area contributed by atoms with E-state index in [1.165, 1.54) is 32.3 Å². The summed E-state index contributed by atoms with van der Waals surface area (Å²) in [7, 11) is -1.29. The highest BCUT2D eigenvalue weighted by Crippen LogP contribution is 2.69. The molecule has 2 aromatic rings. The summed E-state index contributed by atoms with van der Waals surface area (Å²) in [6.45, 7) is 2.57. The highest BCUT2D eigenvalue weighted by molar-refractivity contribution is 9.10. The SMILES string of the molecule is CCOP(=O)(OCC)C(F)(F)c1sc2ccc(C(=O)/N=C/N(C)C)cc2c1Br. The molecule has 2 rings (SSSR count). The number of alkyl halides is 2. The Labute approximate surface area is 174 Å². The Balaban J connectivity index is 2.54. The summed E-state index contributed by atoms with van der Waals surface area (Å²) in [6, 6.07) is 4.53. The van der Waals surface area contributed by atoms with Gasteiger partial charge in [0.15, 0.2) is 0 Å². The van der Waals surface area contributed by atoms with Crippen LogP contribution in [-0.4, -0.2) is 44.5 Å². The summed E-state index contributed by atoms with van der Waals surface area (Å²) in [6.07, 6.45) is 1.36. The summed E-state index contributed by atoms with van der Waals surface area (Å²) < 4.78 is 53.2. The first-order chi connectivity index (χ1) is 13.1. The van der Waals surface area contributed by atoms with Gasteiger partial charge in [0.1, 0.15) is 4.88 Å². The molecule has 0 unspecified atom stereocenters. The highest BCUT2D eigenvalue weighted by atomic mass is 79.9. The van der Waals surface area contributed by atoms with Gasteiger partial charge in [0.25, 0.3) is 5.91 Å². The van der Waals surface area contributed by atoms with Gasteiger partial charge in [0.05, 0.1) is 19.6 Å². The molecule has 0 aliphatic rings. The third-order valence-electron chi connectivity index (χ3n) is 3.50. The van der Waals surface area contributed by atoms with Gasteiger partial charge in [0, 0.05) is 34.2 Å². The lowest BCUT2D eigenvalue weighted by molar-refractivity contribution is 0.0387. The Morgan fingerprint density at radius 1 is 1.32 bits per heavy atom. The first kappa shape index (κ1) is 23.1. The second-order valence-corrected chi connectivity index (χ2v) is 9.76. The Morgan fingerprint density at radius 2 is 1.93 bits per heavy atom. The summed E-state index contributed by atoms with van der Waals surface area (Å²) in [5.74, 6) is -0.503. The Kier molecular flexibility index (Phi) is 7.50. The monoisotopic (exact) mass is 496 g/mol. The van der Waals surface area contributed by atoms with Crippen molar-refractivity contribution in [2.45, 2.75) is 19.5 Å². The molecule has 0 saturated carbocycles. The number of aliphatic imine (C=N–C) groups is 1. The normalized spacial score (nSPS) is 12.8. The van der Waals surface area contributed by atoms with Crippen molar-refractivity contribution in [3.63, 3.8) is 0 Å². The first-order valence-corrected chi connectivity index (χ1v) is 11.5. The minimum Gasteiger partial charge on any atom is -0.369 e. The van der Waals surface area contributed by atoms with Crippen molar-refractivity contribution in [3.8, 4) is 0 Å². The molecule has 0 spiro atoms. The molecule has 0 atom stereocenters. The zero-order valence-corrected chi connectivity index (χ0v) is 19.0. The number of thiophene rings is 1. The second kappa shape index (κ2) is 9.09. The van der Waals surface area contributed by atoms with Crippen molar-refractivity contribution < 1.29 is 27.2 Å². The number of amides is 1. The third kappa shape index (κ3) is 4.52. The summed E-state index contributed by atoms with van der Waals surface area (Å²) in [5.41, 5.74) is -3.61. The number of hydrogen-bond acceptors (Lipinski definition) is 5. The lowest BCUT2D eigenvalue weighted by Gasteiger charge is -2.25. The standard InChI is InChI=1S/C17H20BrF2N2O4PS/c1-5-25-27(24,26-6-2)17(19,20)15-14(18)12-9-11(7-8-13(12)28-15)16(23)21-10-22(3)4/h7-10H,5-6H2,1-4H3/b21-10+. The van der Waals surface area contributed by atoms with Crippen molar-refractivity contribution in [1.29, 1.82) is 0 Å². The summed E-state index contributed by atoms with van der Waals surface area (Å²) >= 11 is 3.93. The van der Waals surface area contributed by atoms with E-state index in [1.807, 2.05) is 0 Å². The minimum atomic E-state index is -4.73. The lowest BCUT2D eigenvalue weighted by atomic mass is 10.1. The van der Waals surface area contributed by atoms with Gasteiger partial charge in [-0.15, -0.1) is 11.3 Å². The molecule has 0 bridgehead atoms. The maximum Gasteiger partial charge on any atom is 0.405 e. The molecule has 0 aliphatic carbocycles. The third-order valence-corrected chi connectivity index (χ3v) is 8.08. The molecule has 0 aliphatic heterocycles. The number of benzene rings is 1. The van der Waals surface area contributed by atoms with E-state index < -0.39 is 24.0 Å². The fraction of sp³-hybridized carbons (Fsp3) is 0.412. The fourth-order valence-corrected chi connectivity index (χ4v) is 6.27. The zero-order valence-electron chi connectivity index (χ0n) is 15.7. The Bertz CT molecular complexity index is 939. The van der Waals surface area contributed by atoms with E-state index in [4.69, 9.17) is 9.05 Å². The molecule has 0 saturated heterocycles. The molecule has 28 heavy (non-hydrogen) atoms. The molecule has 1 amide bonds. The van der Waals surface area contributed by atoms with Crippen LogP contribution in [0.2, 0.25) is 0 Å². The van der Waals surface area contributed by atoms with Crippen LogP contribution in [0.5, 0.6) is 0 Å². The number of halogens is 3. The number of carbonyl (C=O) groups excluding carboxylic acids is 1. The maximum atomic E-state index is 15.1. The van der Waals surface area contributed by atoms with E-state index in [0.717, 1.165) is 11.3 Å². The molecule has 6 nitrogen and oxygen atoms in total. The summed E-state index contributed by atoms with van der Waals surface area (Å²) in [5, 5.41) is 0.394. The van der Waals surface area contributed by atoms with Crippen LogP contribution in [0, 0.1) is 0 Å². The van der Waals surface area contributed by atoms with Gasteiger partial charge in [-0.05, 0) is 48.0 Å². The average molecular weight is 497 g/mol. The largest absolute Gasteiger partial charge is 0.405 e. The van der Waals surface area contributed by atoms with Crippen molar-refractivity contribution >= 4 is 57.2 Å². The van der Waals surface area contributed by atoms with E-state index in [1.54, 1.807) is 25.1 Å². The number of nitrogens with zero attached hydrogens (tertiary/aromatic N) is 2. The highest BCUT2D eigenvalue weighted by Gasteiger charge is 2.57. The van der Waals surface area contributed by atoms with E-state index in [-0.39, 0.29) is 23.2 Å². The first-order valence-electron chi connectivity index (χ1n) is 8.31. The number of carbonyl (C=O) groups is 1. The lowest BCUT2D eigenvalue weighted by Crippen LogP contribution is -2.17. The number of hydrogen-bond donors (Lipinski definition) is 0. The van der Waals surface area contributed by atoms with Crippen LogP contribution in [0.1, 0.15) is 29.1 Å². The molecule has 11 heteroatoms. The molecular weight excluding hydrogens is 477 g/mol. The topological polar surface area (TPSA) is 68.2 Å². The van der Waals surface area contributed by atoms with Crippen LogP contribution in [0.3, 0.4) is 0 Å². The van der Waals surface area contributed by atoms with E-state index in [2.05, 4.69) is 20.9 Å². The Hall–Kier alpha value is -1.19. The molecule has 154 valence electrons. The van der Waals surface area contributed by atoms with Gasteiger partial charge in [-0.25, -0.2) is 0 Å². The van der Waals surface area contributed by atoms with Crippen molar-refractivity contribution in [1.82, 2.24) is 4.90 Å². The molecule has 1 aromatic carbocycles. The molecule has 0 radical (unpaired) electrons. The van der Waals surface area contributed by atoms with Gasteiger partial charge in [-0.1, -0.05) is 0 Å². The fourth-order valence-electron chi connectivity index (χ4n) is 2.30. The van der Waals surface area contributed by atoms with E-state index >= 15 is 8.78 Å². The molecular formula is C17H20BrF2N2O4PS. The van der Waals surface area contributed by atoms with Crippen LogP contribution in [0.4, 0.5) is 8.78 Å². The maximum absolute atomic E-state index is 15.1. The predicted molar refractivity (Wildman–Crippen MR) is 111 cm³/mol. The van der Waals surface area contributed by atoms with Crippen molar-refractivity contribution in [3.05, 3.63) is 33.1 Å². The van der Waals surface area contributed by atoms with Crippen LogP contribution < -0.4 is 0 Å². The van der Waals surface area contributed by atoms with Gasteiger partial charge in [-0.2, -0.15) is 13.8 Å².